The second-order valence-corrected chi connectivity index (χ2v) is 6.03. The molecule has 0 atom stereocenters. The van der Waals surface area contributed by atoms with Crippen molar-refractivity contribution in [1.82, 2.24) is 9.88 Å². The van der Waals surface area contributed by atoms with E-state index in [1.807, 2.05) is 0 Å². The number of hydrogen-bond donors (Lipinski definition) is 1. The first-order chi connectivity index (χ1) is 8.99. The number of carboxylic acid groups (broad SMARTS) is 1. The predicted octanol–water partition coefficient (Wildman–Crippen LogP) is 2.49. The number of aromatic carboxylic acids is 1. The Morgan fingerprint density at radius 3 is 2.53 bits per heavy atom. The topological polar surface area (TPSA) is 70.5 Å². The molecule has 2 rings (SSSR count). The number of amides is 1. The lowest BCUT2D eigenvalue weighted by atomic mass is 9.87. The highest BCUT2D eigenvalue weighted by atomic mass is 32.1. The maximum atomic E-state index is 12.2. The molecular formula is C13H18N2O3S. The summed E-state index contributed by atoms with van der Waals surface area (Å²) in [5.74, 6) is -0.528. The molecule has 6 heteroatoms. The molecule has 0 bridgehead atoms. The first kappa shape index (κ1) is 14.0. The number of hydrogen-bond acceptors (Lipinski definition) is 4. The van der Waals surface area contributed by atoms with Crippen LogP contribution in [0.1, 0.15) is 52.9 Å². The van der Waals surface area contributed by atoms with Crippen molar-refractivity contribution in [2.75, 3.05) is 7.05 Å². The third-order valence-electron chi connectivity index (χ3n) is 3.76. The Hall–Kier alpha value is -1.43. The average Bonchev–Trinajstić information content (AvgIpc) is 2.87. The zero-order chi connectivity index (χ0) is 14.0. The summed E-state index contributed by atoms with van der Waals surface area (Å²) in [4.78, 5) is 28.6. The van der Waals surface area contributed by atoms with Crippen LogP contribution in [0.5, 0.6) is 0 Å². The van der Waals surface area contributed by atoms with Crippen LogP contribution in [0.2, 0.25) is 0 Å². The van der Waals surface area contributed by atoms with E-state index in [2.05, 4.69) is 11.9 Å². The Kier molecular flexibility index (Phi) is 4.19. The summed E-state index contributed by atoms with van der Waals surface area (Å²) in [7, 11) is 1.78. The van der Waals surface area contributed by atoms with Gasteiger partial charge in [0.2, 0.25) is 0 Å². The molecule has 1 fully saturated rings. The highest BCUT2D eigenvalue weighted by molar-refractivity contribution is 7.11. The molecule has 1 amide bonds. The summed E-state index contributed by atoms with van der Waals surface area (Å²) in [6.45, 7) is 2.23. The monoisotopic (exact) mass is 282 g/mol. The fourth-order valence-electron chi connectivity index (χ4n) is 2.42. The first-order valence-electron chi connectivity index (χ1n) is 6.45. The molecule has 0 spiro atoms. The molecule has 1 saturated carbocycles. The van der Waals surface area contributed by atoms with Gasteiger partial charge in [-0.25, -0.2) is 9.78 Å². The van der Waals surface area contributed by atoms with Gasteiger partial charge in [0, 0.05) is 18.5 Å². The number of aromatic nitrogens is 1. The maximum Gasteiger partial charge on any atom is 0.355 e. The minimum Gasteiger partial charge on any atom is -0.476 e. The Bertz CT molecular complexity index is 478. The molecule has 0 aliphatic heterocycles. The number of carboxylic acids is 1. The smallest absolute Gasteiger partial charge is 0.355 e. The largest absolute Gasteiger partial charge is 0.476 e. The fourth-order valence-corrected chi connectivity index (χ4v) is 3.19. The van der Waals surface area contributed by atoms with Crippen molar-refractivity contribution in [3.05, 3.63) is 16.1 Å². The minimum absolute atomic E-state index is 0.0565. The van der Waals surface area contributed by atoms with Crippen molar-refractivity contribution in [3.8, 4) is 0 Å². The Morgan fingerprint density at radius 1 is 1.37 bits per heavy atom. The molecule has 0 saturated heterocycles. The third-order valence-corrected chi connectivity index (χ3v) is 4.59. The van der Waals surface area contributed by atoms with Crippen LogP contribution in [0.25, 0.3) is 0 Å². The van der Waals surface area contributed by atoms with E-state index in [1.54, 1.807) is 11.9 Å². The van der Waals surface area contributed by atoms with Gasteiger partial charge in [-0.2, -0.15) is 0 Å². The van der Waals surface area contributed by atoms with Crippen LogP contribution in [-0.4, -0.2) is 40.0 Å². The molecule has 0 aromatic carbocycles. The van der Waals surface area contributed by atoms with Gasteiger partial charge in [-0.1, -0.05) is 6.92 Å². The maximum absolute atomic E-state index is 12.2. The first-order valence-corrected chi connectivity index (χ1v) is 7.33. The molecule has 19 heavy (non-hydrogen) atoms. The SMILES string of the molecule is CC1CCC(N(C)C(=O)c2nc(C(=O)O)cs2)CC1. The second-order valence-electron chi connectivity index (χ2n) is 5.17. The van der Waals surface area contributed by atoms with Gasteiger partial charge in [0.25, 0.3) is 5.91 Å². The minimum atomic E-state index is -1.09. The quantitative estimate of drug-likeness (QED) is 0.924. The summed E-state index contributed by atoms with van der Waals surface area (Å²) < 4.78 is 0. The summed E-state index contributed by atoms with van der Waals surface area (Å²) in [6, 6.07) is 0.251. The van der Waals surface area contributed by atoms with E-state index < -0.39 is 5.97 Å². The molecule has 1 heterocycles. The lowest BCUT2D eigenvalue weighted by molar-refractivity contribution is 0.0677. The van der Waals surface area contributed by atoms with E-state index in [9.17, 15) is 9.59 Å². The molecule has 5 nitrogen and oxygen atoms in total. The van der Waals surface area contributed by atoms with Crippen LogP contribution >= 0.6 is 11.3 Å². The molecular weight excluding hydrogens is 264 g/mol. The molecule has 1 aliphatic rings. The van der Waals surface area contributed by atoms with Crippen LogP contribution in [0, 0.1) is 5.92 Å². The van der Waals surface area contributed by atoms with Gasteiger partial charge < -0.3 is 10.0 Å². The van der Waals surface area contributed by atoms with Crippen LogP contribution < -0.4 is 0 Å². The number of thiazole rings is 1. The molecule has 1 aromatic rings. The van der Waals surface area contributed by atoms with Crippen LogP contribution in [0.4, 0.5) is 0 Å². The normalized spacial score (nSPS) is 23.1. The van der Waals surface area contributed by atoms with Gasteiger partial charge in [-0.3, -0.25) is 4.79 Å². The number of carbonyl (C=O) groups is 2. The number of carbonyl (C=O) groups excluding carboxylic acids is 1. The summed E-state index contributed by atoms with van der Waals surface area (Å²) in [5, 5.41) is 10.5. The number of nitrogens with zero attached hydrogens (tertiary/aromatic N) is 2. The highest BCUT2D eigenvalue weighted by Gasteiger charge is 2.27. The van der Waals surface area contributed by atoms with E-state index >= 15 is 0 Å². The molecule has 104 valence electrons. The van der Waals surface area contributed by atoms with Crippen LogP contribution in [0.15, 0.2) is 5.38 Å². The van der Waals surface area contributed by atoms with Crippen molar-refractivity contribution < 1.29 is 14.7 Å². The van der Waals surface area contributed by atoms with E-state index in [-0.39, 0.29) is 22.7 Å². The van der Waals surface area contributed by atoms with Gasteiger partial charge in [-0.05, 0) is 31.6 Å². The molecule has 1 aromatic heterocycles. The zero-order valence-corrected chi connectivity index (χ0v) is 11.9. The zero-order valence-electron chi connectivity index (χ0n) is 11.1. The lowest BCUT2D eigenvalue weighted by Gasteiger charge is -2.33. The van der Waals surface area contributed by atoms with Crippen LogP contribution in [0.3, 0.4) is 0 Å². The summed E-state index contributed by atoms with van der Waals surface area (Å²) in [5.41, 5.74) is -0.0565. The highest BCUT2D eigenvalue weighted by Crippen LogP contribution is 2.27. The van der Waals surface area contributed by atoms with Gasteiger partial charge >= 0.3 is 5.97 Å². The molecule has 0 unspecified atom stereocenters. The van der Waals surface area contributed by atoms with Gasteiger partial charge in [0.15, 0.2) is 10.7 Å². The van der Waals surface area contributed by atoms with E-state index in [4.69, 9.17) is 5.11 Å². The van der Waals surface area contributed by atoms with Gasteiger partial charge in [0.05, 0.1) is 0 Å². The molecule has 1 N–H and O–H groups in total. The lowest BCUT2D eigenvalue weighted by Crippen LogP contribution is -2.39. The van der Waals surface area contributed by atoms with Crippen molar-refractivity contribution in [2.24, 2.45) is 5.92 Å². The van der Waals surface area contributed by atoms with Gasteiger partial charge in [0.1, 0.15) is 0 Å². The standard InChI is InChI=1S/C13H18N2O3S/c1-8-3-5-9(6-4-8)15(2)12(16)11-14-10(7-19-11)13(17)18/h7-9H,3-6H2,1-2H3,(H,17,18). The second kappa shape index (κ2) is 5.69. The van der Waals surface area contributed by atoms with E-state index in [1.165, 1.54) is 5.38 Å². The van der Waals surface area contributed by atoms with E-state index in [0.717, 1.165) is 42.9 Å². The number of rotatable bonds is 3. The summed E-state index contributed by atoms with van der Waals surface area (Å²) >= 11 is 1.10. The fraction of sp³-hybridized carbons (Fsp3) is 0.615. The van der Waals surface area contributed by atoms with Crippen molar-refractivity contribution in [2.45, 2.75) is 38.6 Å². The Morgan fingerprint density at radius 2 is 2.00 bits per heavy atom. The van der Waals surface area contributed by atoms with Crippen molar-refractivity contribution in [3.63, 3.8) is 0 Å². The predicted molar refractivity (Wildman–Crippen MR) is 72.6 cm³/mol. The molecule has 1 aliphatic carbocycles. The Balaban J connectivity index is 2.03. The van der Waals surface area contributed by atoms with Crippen molar-refractivity contribution >= 4 is 23.2 Å². The summed E-state index contributed by atoms with van der Waals surface area (Å²) in [6.07, 6.45) is 4.31. The van der Waals surface area contributed by atoms with Crippen LogP contribution in [-0.2, 0) is 0 Å². The van der Waals surface area contributed by atoms with Gasteiger partial charge in [-0.15, -0.1) is 11.3 Å². The third kappa shape index (κ3) is 3.12. The van der Waals surface area contributed by atoms with Crippen molar-refractivity contribution in [1.29, 1.82) is 0 Å². The average molecular weight is 282 g/mol. The Labute approximate surface area is 116 Å². The van der Waals surface area contributed by atoms with E-state index in [0.29, 0.717) is 0 Å². The molecule has 0 radical (unpaired) electrons.